The van der Waals surface area contributed by atoms with Gasteiger partial charge >= 0.3 is 5.97 Å². The highest BCUT2D eigenvalue weighted by molar-refractivity contribution is 5.92. The highest BCUT2D eigenvalue weighted by Crippen LogP contribution is 2.08. The van der Waals surface area contributed by atoms with Gasteiger partial charge in [-0.2, -0.15) is 5.10 Å². The Bertz CT molecular complexity index is 293. The largest absolute Gasteiger partial charge is 0.461 e. The van der Waals surface area contributed by atoms with Crippen LogP contribution in [0.15, 0.2) is 6.20 Å². The zero-order chi connectivity index (χ0) is 9.84. The molecule has 1 rings (SSSR count). The van der Waals surface area contributed by atoms with Crippen LogP contribution in [0.4, 0.5) is 5.69 Å². The van der Waals surface area contributed by atoms with Gasteiger partial charge in [0.25, 0.3) is 0 Å². The lowest BCUT2D eigenvalue weighted by Gasteiger charge is -2.05. The van der Waals surface area contributed by atoms with E-state index in [9.17, 15) is 4.79 Å². The summed E-state index contributed by atoms with van der Waals surface area (Å²) < 4.78 is 4.94. The first kappa shape index (κ1) is 9.57. The van der Waals surface area contributed by atoms with Crippen molar-refractivity contribution >= 4 is 11.7 Å². The summed E-state index contributed by atoms with van der Waals surface area (Å²) in [6, 6.07) is 0. The van der Waals surface area contributed by atoms with Crippen molar-refractivity contribution in [3.05, 3.63) is 11.9 Å². The Balaban J connectivity index is 2.54. The minimum Gasteiger partial charge on any atom is -0.461 e. The Labute approximate surface area is 76.3 Å². The average Bonchev–Trinajstić information content (AvgIpc) is 2.47. The van der Waals surface area contributed by atoms with Crippen LogP contribution in [0.3, 0.4) is 0 Å². The number of aromatic nitrogens is 2. The first-order chi connectivity index (χ1) is 6.11. The standard InChI is InChI=1S/C8H13N3O2/c1-5(2)4-13-8(12)7-6(9)3-10-11-7/h3,5H,4,9H2,1-2H3,(H,10,11). The molecular formula is C8H13N3O2. The van der Waals surface area contributed by atoms with E-state index in [2.05, 4.69) is 10.2 Å². The minimum atomic E-state index is -0.455. The topological polar surface area (TPSA) is 81.0 Å². The molecule has 0 bridgehead atoms. The fraction of sp³-hybridized carbons (Fsp3) is 0.500. The lowest BCUT2D eigenvalue weighted by Crippen LogP contribution is -2.12. The summed E-state index contributed by atoms with van der Waals surface area (Å²) in [6.07, 6.45) is 1.38. The molecule has 0 radical (unpaired) electrons. The van der Waals surface area contributed by atoms with E-state index in [1.165, 1.54) is 6.20 Å². The van der Waals surface area contributed by atoms with E-state index >= 15 is 0 Å². The van der Waals surface area contributed by atoms with E-state index in [1.807, 2.05) is 13.8 Å². The van der Waals surface area contributed by atoms with E-state index in [4.69, 9.17) is 10.5 Å². The predicted molar refractivity (Wildman–Crippen MR) is 48.1 cm³/mol. The molecule has 0 amide bonds. The van der Waals surface area contributed by atoms with Gasteiger partial charge in [-0.3, -0.25) is 5.10 Å². The molecule has 72 valence electrons. The molecular weight excluding hydrogens is 170 g/mol. The maximum atomic E-state index is 11.3. The summed E-state index contributed by atoms with van der Waals surface area (Å²) in [7, 11) is 0. The molecule has 0 fully saturated rings. The van der Waals surface area contributed by atoms with Gasteiger partial charge in [0.2, 0.25) is 0 Å². The molecule has 13 heavy (non-hydrogen) atoms. The minimum absolute atomic E-state index is 0.223. The number of nitrogen functional groups attached to an aromatic ring is 1. The third kappa shape index (κ3) is 2.47. The van der Waals surface area contributed by atoms with Crippen LogP contribution in [0.1, 0.15) is 24.3 Å². The van der Waals surface area contributed by atoms with Gasteiger partial charge in [0, 0.05) is 0 Å². The fourth-order valence-electron chi connectivity index (χ4n) is 0.773. The normalized spacial score (nSPS) is 10.4. The van der Waals surface area contributed by atoms with Gasteiger partial charge in [-0.15, -0.1) is 0 Å². The number of carbonyl (C=O) groups excluding carboxylic acids is 1. The zero-order valence-corrected chi connectivity index (χ0v) is 7.70. The van der Waals surface area contributed by atoms with Crippen molar-refractivity contribution in [1.29, 1.82) is 0 Å². The zero-order valence-electron chi connectivity index (χ0n) is 7.70. The number of anilines is 1. The lowest BCUT2D eigenvalue weighted by molar-refractivity contribution is 0.0453. The van der Waals surface area contributed by atoms with Crippen molar-refractivity contribution in [2.75, 3.05) is 12.3 Å². The first-order valence-electron chi connectivity index (χ1n) is 4.07. The Hall–Kier alpha value is -1.52. The second kappa shape index (κ2) is 3.93. The molecule has 0 saturated heterocycles. The molecule has 0 unspecified atom stereocenters. The number of aromatic amines is 1. The Morgan fingerprint density at radius 1 is 1.77 bits per heavy atom. The number of carbonyl (C=O) groups is 1. The third-order valence-corrected chi connectivity index (χ3v) is 1.42. The molecule has 0 saturated carbocycles. The number of hydrogen-bond acceptors (Lipinski definition) is 4. The van der Waals surface area contributed by atoms with Crippen molar-refractivity contribution in [1.82, 2.24) is 10.2 Å². The number of esters is 1. The van der Waals surface area contributed by atoms with E-state index in [0.29, 0.717) is 18.2 Å². The molecule has 0 aliphatic rings. The smallest absolute Gasteiger partial charge is 0.358 e. The molecule has 5 heteroatoms. The number of nitrogens with zero attached hydrogens (tertiary/aromatic N) is 1. The maximum Gasteiger partial charge on any atom is 0.358 e. The molecule has 0 atom stereocenters. The van der Waals surface area contributed by atoms with E-state index in [-0.39, 0.29) is 5.69 Å². The number of H-pyrrole nitrogens is 1. The number of nitrogens with two attached hydrogens (primary N) is 1. The van der Waals surface area contributed by atoms with Crippen LogP contribution >= 0.6 is 0 Å². The van der Waals surface area contributed by atoms with Gasteiger partial charge in [0.1, 0.15) is 0 Å². The summed E-state index contributed by atoms with van der Waals surface area (Å²) in [5, 5.41) is 6.10. The van der Waals surface area contributed by atoms with Gasteiger partial charge in [-0.25, -0.2) is 4.79 Å². The Kier molecular flexibility index (Phi) is 2.89. The van der Waals surface area contributed by atoms with Gasteiger partial charge in [0.05, 0.1) is 18.5 Å². The molecule has 1 heterocycles. The highest BCUT2D eigenvalue weighted by atomic mass is 16.5. The second-order valence-corrected chi connectivity index (χ2v) is 3.19. The average molecular weight is 183 g/mol. The van der Waals surface area contributed by atoms with Gasteiger partial charge in [0.15, 0.2) is 5.69 Å². The van der Waals surface area contributed by atoms with Crippen LogP contribution in [-0.2, 0) is 4.74 Å². The number of nitrogens with one attached hydrogen (secondary N) is 1. The van der Waals surface area contributed by atoms with E-state index < -0.39 is 5.97 Å². The van der Waals surface area contributed by atoms with Gasteiger partial charge < -0.3 is 10.5 Å². The number of hydrogen-bond donors (Lipinski definition) is 2. The van der Waals surface area contributed by atoms with Crippen LogP contribution in [0.5, 0.6) is 0 Å². The van der Waals surface area contributed by atoms with Gasteiger partial charge in [-0.1, -0.05) is 13.8 Å². The maximum absolute atomic E-state index is 11.3. The Morgan fingerprint density at radius 2 is 2.46 bits per heavy atom. The molecule has 0 aromatic carbocycles. The monoisotopic (exact) mass is 183 g/mol. The van der Waals surface area contributed by atoms with Crippen LogP contribution in [0.25, 0.3) is 0 Å². The van der Waals surface area contributed by atoms with Crippen molar-refractivity contribution in [2.24, 2.45) is 5.92 Å². The fourth-order valence-corrected chi connectivity index (χ4v) is 0.773. The summed E-state index contributed by atoms with van der Waals surface area (Å²) in [5.41, 5.74) is 5.99. The van der Waals surface area contributed by atoms with Crippen molar-refractivity contribution in [3.8, 4) is 0 Å². The third-order valence-electron chi connectivity index (χ3n) is 1.42. The molecule has 0 aliphatic carbocycles. The summed E-state index contributed by atoms with van der Waals surface area (Å²) in [5.74, 6) is -0.142. The SMILES string of the molecule is CC(C)COC(=O)c1[nH]ncc1N. The first-order valence-corrected chi connectivity index (χ1v) is 4.07. The molecule has 0 aliphatic heterocycles. The van der Waals surface area contributed by atoms with Gasteiger partial charge in [-0.05, 0) is 5.92 Å². The molecule has 1 aromatic heterocycles. The summed E-state index contributed by atoms with van der Waals surface area (Å²) >= 11 is 0. The van der Waals surface area contributed by atoms with Crippen LogP contribution in [0.2, 0.25) is 0 Å². The van der Waals surface area contributed by atoms with Crippen LogP contribution in [-0.4, -0.2) is 22.8 Å². The van der Waals surface area contributed by atoms with Crippen LogP contribution in [0, 0.1) is 5.92 Å². The lowest BCUT2D eigenvalue weighted by atomic mass is 10.2. The predicted octanol–water partition coefficient (Wildman–Crippen LogP) is 0.805. The van der Waals surface area contributed by atoms with Crippen molar-refractivity contribution < 1.29 is 9.53 Å². The second-order valence-electron chi connectivity index (χ2n) is 3.19. The van der Waals surface area contributed by atoms with Crippen LogP contribution < -0.4 is 5.73 Å². The quantitative estimate of drug-likeness (QED) is 0.679. The Morgan fingerprint density at radius 3 is 2.92 bits per heavy atom. The van der Waals surface area contributed by atoms with Crippen molar-refractivity contribution in [3.63, 3.8) is 0 Å². The number of ether oxygens (including phenoxy) is 1. The van der Waals surface area contributed by atoms with E-state index in [1.54, 1.807) is 0 Å². The highest BCUT2D eigenvalue weighted by Gasteiger charge is 2.13. The number of rotatable bonds is 3. The summed E-state index contributed by atoms with van der Waals surface area (Å²) in [6.45, 7) is 4.31. The molecule has 5 nitrogen and oxygen atoms in total. The molecule has 0 spiro atoms. The van der Waals surface area contributed by atoms with Crippen molar-refractivity contribution in [2.45, 2.75) is 13.8 Å². The van der Waals surface area contributed by atoms with E-state index in [0.717, 1.165) is 0 Å². The summed E-state index contributed by atoms with van der Waals surface area (Å²) in [4.78, 5) is 11.3. The molecule has 3 N–H and O–H groups in total. The molecule has 1 aromatic rings.